The van der Waals surface area contributed by atoms with Gasteiger partial charge >= 0.3 is 5.97 Å². The van der Waals surface area contributed by atoms with E-state index in [4.69, 9.17) is 9.63 Å². The number of nitrogens with zero attached hydrogens (tertiary/aromatic N) is 2. The largest absolute Gasteiger partial charge is 0.538 e. The van der Waals surface area contributed by atoms with Crippen molar-refractivity contribution in [2.75, 3.05) is 5.32 Å². The molecule has 2 N–H and O–H groups in total. The number of carboxylic acid groups (broad SMARTS) is 1. The van der Waals surface area contributed by atoms with Crippen molar-refractivity contribution in [3.63, 3.8) is 0 Å². The third-order valence-electron chi connectivity index (χ3n) is 3.63. The first-order valence-electron chi connectivity index (χ1n) is 7.91. The number of hydrogen-bond acceptors (Lipinski definition) is 6. The standard InChI is InChI=1S/C18H15N3O5S/c1-11(15(22)19-13-9-7-12(8-10-13)17(23)24)27-16-18(25)26-20-21(16)14-5-3-2-4-6-14/h2-11H,1H3,(H2-,19,20,22,23,24,25). The van der Waals surface area contributed by atoms with Gasteiger partial charge in [-0.2, -0.15) is 0 Å². The number of rotatable bonds is 6. The highest BCUT2D eigenvalue weighted by Gasteiger charge is 2.26. The second-order valence-electron chi connectivity index (χ2n) is 5.54. The van der Waals surface area contributed by atoms with E-state index < -0.39 is 17.2 Å². The quantitative estimate of drug-likeness (QED) is 0.491. The van der Waals surface area contributed by atoms with E-state index in [9.17, 15) is 14.7 Å². The number of benzene rings is 2. The van der Waals surface area contributed by atoms with Crippen LogP contribution in [0.5, 0.6) is 5.95 Å². The van der Waals surface area contributed by atoms with E-state index in [1.54, 1.807) is 31.2 Å². The Morgan fingerprint density at radius 1 is 1.19 bits per heavy atom. The van der Waals surface area contributed by atoms with Gasteiger partial charge in [0.2, 0.25) is 11.6 Å². The molecule has 1 amide bonds. The normalized spacial score (nSPS) is 11.7. The Kier molecular flexibility index (Phi) is 5.41. The second kappa shape index (κ2) is 7.92. The van der Waals surface area contributed by atoms with Crippen molar-refractivity contribution in [2.45, 2.75) is 17.2 Å². The van der Waals surface area contributed by atoms with Crippen LogP contribution in [0.15, 0.2) is 64.1 Å². The van der Waals surface area contributed by atoms with Gasteiger partial charge in [-0.15, -0.1) is 0 Å². The summed E-state index contributed by atoms with van der Waals surface area (Å²) in [5, 5.41) is 26.9. The summed E-state index contributed by atoms with van der Waals surface area (Å²) in [6.45, 7) is 1.65. The Labute approximate surface area is 158 Å². The summed E-state index contributed by atoms with van der Waals surface area (Å²) in [7, 11) is 0. The third-order valence-corrected chi connectivity index (χ3v) is 4.76. The summed E-state index contributed by atoms with van der Waals surface area (Å²) < 4.78 is 6.08. The molecule has 1 unspecified atom stereocenters. The van der Waals surface area contributed by atoms with Crippen molar-refractivity contribution in [3.8, 4) is 11.6 Å². The molecule has 0 spiro atoms. The maximum Gasteiger partial charge on any atom is 0.335 e. The highest BCUT2D eigenvalue weighted by molar-refractivity contribution is 8.00. The maximum atomic E-state index is 12.4. The highest BCUT2D eigenvalue weighted by Crippen LogP contribution is 2.28. The minimum atomic E-state index is -1.04. The Morgan fingerprint density at radius 2 is 1.85 bits per heavy atom. The van der Waals surface area contributed by atoms with Crippen LogP contribution in [0.3, 0.4) is 0 Å². The Bertz CT molecular complexity index is 957. The number of para-hydroxylation sites is 1. The lowest BCUT2D eigenvalue weighted by molar-refractivity contribution is -0.705. The van der Waals surface area contributed by atoms with Crippen LogP contribution in [0.4, 0.5) is 5.69 Å². The first-order valence-corrected chi connectivity index (χ1v) is 8.79. The molecule has 0 fully saturated rings. The fourth-order valence-electron chi connectivity index (χ4n) is 2.23. The van der Waals surface area contributed by atoms with Crippen molar-refractivity contribution in [1.82, 2.24) is 5.27 Å². The van der Waals surface area contributed by atoms with E-state index in [2.05, 4.69) is 10.6 Å². The van der Waals surface area contributed by atoms with Gasteiger partial charge < -0.3 is 20.1 Å². The molecule has 1 heterocycles. The molecule has 0 aliphatic carbocycles. The molecule has 0 aliphatic rings. The number of aromatic nitrogens is 2. The van der Waals surface area contributed by atoms with Crippen LogP contribution in [0, 0.1) is 0 Å². The van der Waals surface area contributed by atoms with Crippen LogP contribution in [-0.4, -0.2) is 27.5 Å². The summed E-state index contributed by atoms with van der Waals surface area (Å²) in [6, 6.07) is 14.8. The average Bonchev–Trinajstić information content (AvgIpc) is 3.03. The molecule has 138 valence electrons. The summed E-state index contributed by atoms with van der Waals surface area (Å²) in [5.41, 5.74) is 1.23. The molecular weight excluding hydrogens is 370 g/mol. The van der Waals surface area contributed by atoms with E-state index in [1.165, 1.54) is 28.9 Å². The molecule has 1 atom stereocenters. The number of thioether (sulfide) groups is 1. The van der Waals surface area contributed by atoms with Gasteiger partial charge in [-0.3, -0.25) is 4.79 Å². The minimum absolute atomic E-state index is 0.125. The van der Waals surface area contributed by atoms with Crippen molar-refractivity contribution >= 4 is 29.3 Å². The molecule has 8 nitrogen and oxygen atoms in total. The van der Waals surface area contributed by atoms with Gasteiger partial charge in [0.25, 0.3) is 5.03 Å². The molecule has 0 saturated carbocycles. The van der Waals surface area contributed by atoms with E-state index in [0.717, 1.165) is 11.8 Å². The van der Waals surface area contributed by atoms with Crippen molar-refractivity contribution in [2.24, 2.45) is 0 Å². The maximum absolute atomic E-state index is 12.4. The molecule has 0 saturated heterocycles. The molecular formula is C18H15N3O5S. The Hall–Kier alpha value is -3.33. The average molecular weight is 385 g/mol. The Balaban J connectivity index is 1.72. The van der Waals surface area contributed by atoms with Crippen molar-refractivity contribution in [3.05, 3.63) is 60.2 Å². The fourth-order valence-corrected chi connectivity index (χ4v) is 3.11. The van der Waals surface area contributed by atoms with Crippen molar-refractivity contribution in [1.29, 1.82) is 0 Å². The zero-order chi connectivity index (χ0) is 19.4. The third kappa shape index (κ3) is 4.26. The summed E-state index contributed by atoms with van der Waals surface area (Å²) in [5.74, 6) is -2.02. The van der Waals surface area contributed by atoms with Gasteiger partial charge in [-0.25, -0.2) is 4.79 Å². The number of hydrogen-bond donors (Lipinski definition) is 2. The lowest BCUT2D eigenvalue weighted by Gasteiger charge is -2.10. The SMILES string of the molecule is CC(Sc1c([O-])on[n+]1-c1ccccc1)C(=O)Nc1ccc(C(=O)O)cc1. The summed E-state index contributed by atoms with van der Waals surface area (Å²) in [6.07, 6.45) is 0. The van der Waals surface area contributed by atoms with Gasteiger partial charge in [-0.1, -0.05) is 18.2 Å². The monoisotopic (exact) mass is 385 g/mol. The lowest BCUT2D eigenvalue weighted by Crippen LogP contribution is -2.36. The number of carbonyl (C=O) groups is 2. The van der Waals surface area contributed by atoms with E-state index >= 15 is 0 Å². The molecule has 2 aromatic carbocycles. The smallest absolute Gasteiger partial charge is 0.335 e. The molecule has 9 heteroatoms. The van der Waals surface area contributed by atoms with Crippen LogP contribution in [0.25, 0.3) is 5.69 Å². The van der Waals surface area contributed by atoms with Crippen LogP contribution in [0.1, 0.15) is 17.3 Å². The number of nitrogens with one attached hydrogen (secondary N) is 1. The molecule has 3 rings (SSSR count). The molecule has 1 aromatic heterocycles. The van der Waals surface area contributed by atoms with Gasteiger partial charge in [0.05, 0.1) is 16.1 Å². The van der Waals surface area contributed by atoms with E-state index in [-0.39, 0.29) is 16.5 Å². The highest BCUT2D eigenvalue weighted by atomic mass is 32.2. The molecule has 27 heavy (non-hydrogen) atoms. The predicted molar refractivity (Wildman–Crippen MR) is 94.8 cm³/mol. The number of carboxylic acids is 1. The van der Waals surface area contributed by atoms with Gasteiger partial charge in [-0.05, 0) is 47.6 Å². The van der Waals surface area contributed by atoms with Crippen LogP contribution < -0.4 is 15.1 Å². The van der Waals surface area contributed by atoms with Gasteiger partial charge in [0, 0.05) is 17.8 Å². The van der Waals surface area contributed by atoms with Crippen LogP contribution in [-0.2, 0) is 4.79 Å². The molecule has 0 radical (unpaired) electrons. The number of aromatic carboxylic acids is 1. The Morgan fingerprint density at radius 3 is 2.48 bits per heavy atom. The zero-order valence-electron chi connectivity index (χ0n) is 14.2. The number of anilines is 1. The predicted octanol–water partition coefficient (Wildman–Crippen LogP) is 1.84. The van der Waals surface area contributed by atoms with Gasteiger partial charge in [0.1, 0.15) is 0 Å². The molecule has 3 aromatic rings. The fraction of sp³-hybridized carbons (Fsp3) is 0.111. The van der Waals surface area contributed by atoms with Gasteiger partial charge in [0.15, 0.2) is 5.95 Å². The first-order chi connectivity index (χ1) is 13.0. The van der Waals surface area contributed by atoms with Crippen molar-refractivity contribution < 1.29 is 29.0 Å². The van der Waals surface area contributed by atoms with E-state index in [0.29, 0.717) is 11.4 Å². The number of amides is 1. The van der Waals surface area contributed by atoms with Crippen LogP contribution >= 0.6 is 11.8 Å². The lowest BCUT2D eigenvalue weighted by atomic mass is 10.2. The molecule has 0 aliphatic heterocycles. The number of carbonyl (C=O) groups excluding carboxylic acids is 1. The second-order valence-corrected chi connectivity index (χ2v) is 6.87. The van der Waals surface area contributed by atoms with Crippen LogP contribution in [0.2, 0.25) is 0 Å². The molecule has 0 bridgehead atoms. The van der Waals surface area contributed by atoms with E-state index in [1.807, 2.05) is 6.07 Å². The first kappa shape index (κ1) is 18.5. The summed E-state index contributed by atoms with van der Waals surface area (Å²) >= 11 is 1.02. The summed E-state index contributed by atoms with van der Waals surface area (Å²) in [4.78, 5) is 23.3. The zero-order valence-corrected chi connectivity index (χ0v) is 15.0. The minimum Gasteiger partial charge on any atom is -0.538 e. The topological polar surface area (TPSA) is 119 Å².